The Labute approximate surface area is 267 Å². The van der Waals surface area contributed by atoms with E-state index >= 15 is 0 Å². The summed E-state index contributed by atoms with van der Waals surface area (Å²) in [5, 5.41) is 2.00. The Morgan fingerprint density at radius 3 is 1.93 bits per heavy atom. The molecule has 0 aromatic heterocycles. The summed E-state index contributed by atoms with van der Waals surface area (Å²) in [4.78, 5) is 3.66. The summed E-state index contributed by atoms with van der Waals surface area (Å²) in [5.41, 5.74) is 9.29. The van der Waals surface area contributed by atoms with E-state index in [1.165, 1.54) is 78.6 Å². The third kappa shape index (κ3) is 18.3. The largest absolute Gasteiger partial charge is 0.300 e. The fraction of sp³-hybridized carbons (Fsp3) is 0.500. The van der Waals surface area contributed by atoms with E-state index in [1.54, 1.807) is 11.8 Å². The highest BCUT2D eigenvalue weighted by atomic mass is 32.2. The highest BCUT2D eigenvalue weighted by molar-refractivity contribution is 8.06. The first kappa shape index (κ1) is 41.8. The monoisotopic (exact) mass is 591 g/mol. The Morgan fingerprint density at radius 1 is 0.881 bits per heavy atom. The predicted octanol–water partition coefficient (Wildman–Crippen LogP) is 13.1. The molecule has 0 aliphatic heterocycles. The van der Waals surface area contributed by atoms with Gasteiger partial charge in [-0.2, -0.15) is 0 Å². The predicted molar refractivity (Wildman–Crippen MR) is 199 cm³/mol. The van der Waals surface area contributed by atoms with Crippen LogP contribution in [0.5, 0.6) is 0 Å². The first-order chi connectivity index (χ1) is 20.1. The molecular formula is C40H65NS. The van der Waals surface area contributed by atoms with E-state index < -0.39 is 0 Å². The molecule has 2 rings (SSSR count). The lowest BCUT2D eigenvalue weighted by atomic mass is 9.94. The molecule has 2 heteroatoms. The van der Waals surface area contributed by atoms with E-state index in [0.717, 1.165) is 16.9 Å². The molecule has 0 radical (unpaired) electrons. The number of aryl methyl sites for hydroxylation is 2. The number of rotatable bonds is 14. The molecule has 236 valence electrons. The minimum atomic E-state index is 0.715. The lowest BCUT2D eigenvalue weighted by Crippen LogP contribution is -2.36. The second-order valence-corrected chi connectivity index (χ2v) is 11.8. The molecule has 1 unspecified atom stereocenters. The van der Waals surface area contributed by atoms with Gasteiger partial charge in [-0.15, -0.1) is 6.58 Å². The highest BCUT2D eigenvalue weighted by Gasteiger charge is 2.14. The fourth-order valence-electron chi connectivity index (χ4n) is 4.58. The van der Waals surface area contributed by atoms with Crippen molar-refractivity contribution in [3.8, 4) is 11.1 Å². The Kier molecular flexibility index (Phi) is 26.2. The number of hydrogen-bond donors (Lipinski definition) is 0. The van der Waals surface area contributed by atoms with Gasteiger partial charge >= 0.3 is 0 Å². The molecule has 0 spiro atoms. The SMILES string of the molecule is C=C(C)C(=C)S/C=C\C.C=C(C)CC(CC)N(CCC)CCC.CC.CCCc1cccc(-c2cccc(C)c2)c1C. The van der Waals surface area contributed by atoms with Crippen LogP contribution in [0.2, 0.25) is 0 Å². The van der Waals surface area contributed by atoms with Gasteiger partial charge in [-0.05, 0) is 113 Å². The van der Waals surface area contributed by atoms with Crippen molar-refractivity contribution in [3.63, 3.8) is 0 Å². The van der Waals surface area contributed by atoms with Gasteiger partial charge in [0.15, 0.2) is 0 Å². The number of benzene rings is 2. The molecule has 0 aliphatic carbocycles. The Hall–Kier alpha value is -2.29. The first-order valence-corrected chi connectivity index (χ1v) is 17.1. The summed E-state index contributed by atoms with van der Waals surface area (Å²) < 4.78 is 0. The van der Waals surface area contributed by atoms with Gasteiger partial charge in [0.1, 0.15) is 0 Å². The minimum Gasteiger partial charge on any atom is -0.300 e. The van der Waals surface area contributed by atoms with Crippen LogP contribution >= 0.6 is 11.8 Å². The standard InChI is InChI=1S/C17H20.C13H27N.C8H12S.C2H6/c1-4-7-15-9-6-11-17(14(15)3)16-10-5-8-13(2)12-16;1-6-9-14(10-7-2)13(8-3)11-12(4)5;1-5-6-9-8(4)7(2)3;1-2/h5-6,8-12H,4,7H2,1-3H3;13H,4,6-11H2,1-3,5H3;5-6H,2,4H2,1,3H3;1-2H3/b;;6-5-;. The third-order valence-electron chi connectivity index (χ3n) is 6.71. The van der Waals surface area contributed by atoms with E-state index in [4.69, 9.17) is 0 Å². The highest BCUT2D eigenvalue weighted by Crippen LogP contribution is 2.27. The van der Waals surface area contributed by atoms with Crippen LogP contribution in [-0.4, -0.2) is 24.0 Å². The van der Waals surface area contributed by atoms with Crippen molar-refractivity contribution in [2.24, 2.45) is 0 Å². The zero-order valence-corrected chi connectivity index (χ0v) is 30.2. The molecule has 0 fully saturated rings. The van der Waals surface area contributed by atoms with E-state index in [9.17, 15) is 0 Å². The molecule has 1 atom stereocenters. The topological polar surface area (TPSA) is 3.24 Å². The van der Waals surface area contributed by atoms with Gasteiger partial charge in [0, 0.05) is 10.9 Å². The Bertz CT molecular complexity index is 1040. The van der Waals surface area contributed by atoms with Crippen molar-refractivity contribution in [2.45, 2.75) is 121 Å². The molecule has 0 heterocycles. The van der Waals surface area contributed by atoms with E-state index in [1.807, 2.05) is 39.2 Å². The number of allylic oxidation sites excluding steroid dienone is 2. The lowest BCUT2D eigenvalue weighted by Gasteiger charge is -2.30. The van der Waals surface area contributed by atoms with Crippen molar-refractivity contribution in [2.75, 3.05) is 13.1 Å². The van der Waals surface area contributed by atoms with Gasteiger partial charge in [-0.1, -0.05) is 133 Å². The maximum absolute atomic E-state index is 4.02. The van der Waals surface area contributed by atoms with Crippen LogP contribution in [-0.2, 0) is 6.42 Å². The molecule has 0 amide bonds. The third-order valence-corrected chi connectivity index (χ3v) is 7.75. The molecule has 0 saturated heterocycles. The van der Waals surface area contributed by atoms with Crippen LogP contribution < -0.4 is 0 Å². The summed E-state index contributed by atoms with van der Waals surface area (Å²) in [7, 11) is 0. The van der Waals surface area contributed by atoms with Crippen molar-refractivity contribution in [1.82, 2.24) is 4.90 Å². The molecule has 0 aliphatic rings. The zero-order valence-electron chi connectivity index (χ0n) is 29.4. The van der Waals surface area contributed by atoms with Crippen LogP contribution in [0.4, 0.5) is 0 Å². The smallest absolute Gasteiger partial charge is 0.0130 e. The van der Waals surface area contributed by atoms with Gasteiger partial charge < -0.3 is 4.90 Å². The molecule has 42 heavy (non-hydrogen) atoms. The number of hydrogen-bond acceptors (Lipinski definition) is 2. The van der Waals surface area contributed by atoms with Crippen LogP contribution in [0, 0.1) is 13.8 Å². The number of thioether (sulfide) groups is 1. The average molecular weight is 592 g/mol. The van der Waals surface area contributed by atoms with Crippen molar-refractivity contribution in [3.05, 3.63) is 106 Å². The van der Waals surface area contributed by atoms with E-state index in [0.29, 0.717) is 6.04 Å². The van der Waals surface area contributed by atoms with Crippen LogP contribution in [0.15, 0.2) is 89.7 Å². The first-order valence-electron chi connectivity index (χ1n) is 16.2. The summed E-state index contributed by atoms with van der Waals surface area (Å²) >= 11 is 1.61. The van der Waals surface area contributed by atoms with Crippen molar-refractivity contribution >= 4 is 11.8 Å². The van der Waals surface area contributed by atoms with Gasteiger partial charge in [-0.25, -0.2) is 0 Å². The second-order valence-electron chi connectivity index (χ2n) is 10.8. The van der Waals surface area contributed by atoms with E-state index in [-0.39, 0.29) is 0 Å². The molecule has 0 bridgehead atoms. The van der Waals surface area contributed by atoms with Gasteiger partial charge in [0.05, 0.1) is 0 Å². The van der Waals surface area contributed by atoms with E-state index in [2.05, 4.69) is 116 Å². The zero-order chi connectivity index (χ0) is 32.5. The Morgan fingerprint density at radius 2 is 1.48 bits per heavy atom. The number of nitrogens with zero attached hydrogens (tertiary/aromatic N) is 1. The average Bonchev–Trinajstić information content (AvgIpc) is 2.97. The lowest BCUT2D eigenvalue weighted by molar-refractivity contribution is 0.189. The summed E-state index contributed by atoms with van der Waals surface area (Å²) in [6.07, 6.45) is 9.28. The van der Waals surface area contributed by atoms with Crippen LogP contribution in [0.25, 0.3) is 11.1 Å². The van der Waals surface area contributed by atoms with Gasteiger partial charge in [0.25, 0.3) is 0 Å². The molecule has 2 aromatic rings. The summed E-state index contributed by atoms with van der Waals surface area (Å²) in [5.74, 6) is 0. The second kappa shape index (κ2) is 26.3. The van der Waals surface area contributed by atoms with Crippen LogP contribution in [0.3, 0.4) is 0 Å². The van der Waals surface area contributed by atoms with Gasteiger partial charge in [0.2, 0.25) is 0 Å². The molecule has 0 N–H and O–H groups in total. The van der Waals surface area contributed by atoms with Crippen molar-refractivity contribution in [1.29, 1.82) is 0 Å². The summed E-state index contributed by atoms with van der Waals surface area (Å²) in [6, 6.07) is 16.1. The maximum atomic E-state index is 4.02. The Balaban J connectivity index is 0. The molecule has 2 aromatic carbocycles. The fourth-order valence-corrected chi connectivity index (χ4v) is 5.09. The van der Waals surface area contributed by atoms with Crippen LogP contribution in [0.1, 0.15) is 111 Å². The molecule has 0 saturated carbocycles. The quantitative estimate of drug-likeness (QED) is 0.159. The summed E-state index contributed by atoms with van der Waals surface area (Å²) in [6.45, 7) is 37.6. The van der Waals surface area contributed by atoms with Crippen molar-refractivity contribution < 1.29 is 0 Å². The van der Waals surface area contributed by atoms with Gasteiger partial charge in [-0.3, -0.25) is 0 Å². The normalized spacial score (nSPS) is 11.0. The minimum absolute atomic E-state index is 0.715. The molecular weight excluding hydrogens is 527 g/mol. The molecule has 1 nitrogen and oxygen atoms in total. The maximum Gasteiger partial charge on any atom is 0.0130 e.